The first-order chi connectivity index (χ1) is 8.81. The molecule has 8 heteroatoms. The first-order valence-electron chi connectivity index (χ1n) is 5.74. The zero-order valence-corrected chi connectivity index (χ0v) is 11.0. The second-order valence-electron chi connectivity index (χ2n) is 4.51. The molecule has 1 aromatic rings. The Hall–Kier alpha value is -2.25. The highest BCUT2D eigenvalue weighted by Crippen LogP contribution is 2.03. The van der Waals surface area contributed by atoms with E-state index in [0.717, 1.165) is 10.9 Å². The Morgan fingerprint density at radius 2 is 2.05 bits per heavy atom. The van der Waals surface area contributed by atoms with E-state index in [1.807, 2.05) is 13.8 Å². The fraction of sp³-hybridized carbons (Fsp3) is 0.545. The SMILES string of the molecule is CC(=O)C(NC(=O)Cn1cc(C(=O)O)nn1)C(C)C. The first-order valence-corrected chi connectivity index (χ1v) is 5.74. The Bertz CT molecular complexity index is 495. The lowest BCUT2D eigenvalue weighted by Gasteiger charge is -2.19. The molecule has 1 rings (SSSR count). The summed E-state index contributed by atoms with van der Waals surface area (Å²) in [6, 6.07) is -0.560. The quantitative estimate of drug-likeness (QED) is 0.732. The number of hydrogen-bond donors (Lipinski definition) is 2. The van der Waals surface area contributed by atoms with Crippen LogP contribution in [0.15, 0.2) is 6.20 Å². The highest BCUT2D eigenvalue weighted by atomic mass is 16.4. The van der Waals surface area contributed by atoms with Gasteiger partial charge < -0.3 is 10.4 Å². The van der Waals surface area contributed by atoms with Gasteiger partial charge in [0.2, 0.25) is 5.91 Å². The minimum atomic E-state index is -1.21. The van der Waals surface area contributed by atoms with Crippen molar-refractivity contribution in [3.05, 3.63) is 11.9 Å². The van der Waals surface area contributed by atoms with E-state index in [-0.39, 0.29) is 23.9 Å². The molecule has 0 aliphatic heterocycles. The van der Waals surface area contributed by atoms with Gasteiger partial charge in [0.05, 0.1) is 12.2 Å². The molecule has 0 fully saturated rings. The minimum Gasteiger partial charge on any atom is -0.476 e. The van der Waals surface area contributed by atoms with Gasteiger partial charge in [-0.05, 0) is 12.8 Å². The van der Waals surface area contributed by atoms with Crippen molar-refractivity contribution >= 4 is 17.7 Å². The van der Waals surface area contributed by atoms with Crippen molar-refractivity contribution in [2.45, 2.75) is 33.4 Å². The minimum absolute atomic E-state index is 0.0215. The fourth-order valence-corrected chi connectivity index (χ4v) is 1.58. The maximum Gasteiger partial charge on any atom is 0.358 e. The Morgan fingerprint density at radius 1 is 1.42 bits per heavy atom. The number of hydrogen-bond acceptors (Lipinski definition) is 5. The van der Waals surface area contributed by atoms with Crippen LogP contribution >= 0.6 is 0 Å². The number of Topliss-reactive ketones (excluding diaryl/α,β-unsaturated/α-hetero) is 1. The third-order valence-electron chi connectivity index (χ3n) is 2.48. The van der Waals surface area contributed by atoms with Crippen molar-refractivity contribution < 1.29 is 19.5 Å². The Labute approximate surface area is 109 Å². The van der Waals surface area contributed by atoms with Crippen LogP contribution in [-0.4, -0.2) is 43.8 Å². The molecule has 1 heterocycles. The molecule has 104 valence electrons. The van der Waals surface area contributed by atoms with E-state index in [0.29, 0.717) is 0 Å². The lowest BCUT2D eigenvalue weighted by atomic mass is 10.0. The zero-order chi connectivity index (χ0) is 14.6. The van der Waals surface area contributed by atoms with Gasteiger partial charge >= 0.3 is 5.97 Å². The van der Waals surface area contributed by atoms with Gasteiger partial charge in [-0.2, -0.15) is 0 Å². The van der Waals surface area contributed by atoms with Gasteiger partial charge in [-0.15, -0.1) is 5.10 Å². The highest BCUT2D eigenvalue weighted by molar-refractivity contribution is 5.87. The molecule has 0 bridgehead atoms. The zero-order valence-electron chi connectivity index (χ0n) is 11.0. The number of nitrogens with zero attached hydrogens (tertiary/aromatic N) is 3. The maximum absolute atomic E-state index is 11.7. The molecule has 1 amide bonds. The average molecular weight is 268 g/mol. The molecule has 0 saturated carbocycles. The van der Waals surface area contributed by atoms with E-state index in [4.69, 9.17) is 5.11 Å². The summed E-state index contributed by atoms with van der Waals surface area (Å²) in [5.41, 5.74) is -0.236. The summed E-state index contributed by atoms with van der Waals surface area (Å²) in [5.74, 6) is -1.79. The van der Waals surface area contributed by atoms with Crippen molar-refractivity contribution in [2.75, 3.05) is 0 Å². The van der Waals surface area contributed by atoms with Crippen LogP contribution in [0.2, 0.25) is 0 Å². The number of nitrogens with one attached hydrogen (secondary N) is 1. The summed E-state index contributed by atoms with van der Waals surface area (Å²) in [7, 11) is 0. The number of aromatic nitrogens is 3. The number of ketones is 1. The van der Waals surface area contributed by atoms with Crippen LogP contribution in [0, 0.1) is 5.92 Å². The number of carbonyl (C=O) groups is 3. The molecule has 0 aliphatic carbocycles. The van der Waals surface area contributed by atoms with Crippen LogP contribution in [-0.2, 0) is 16.1 Å². The third-order valence-corrected chi connectivity index (χ3v) is 2.48. The van der Waals surface area contributed by atoms with Crippen LogP contribution in [0.1, 0.15) is 31.3 Å². The molecule has 1 aromatic heterocycles. The number of carboxylic acids is 1. The van der Waals surface area contributed by atoms with Gasteiger partial charge in [-0.1, -0.05) is 19.1 Å². The monoisotopic (exact) mass is 268 g/mol. The smallest absolute Gasteiger partial charge is 0.358 e. The molecule has 0 aromatic carbocycles. The van der Waals surface area contributed by atoms with E-state index in [1.165, 1.54) is 6.92 Å². The molecule has 0 saturated heterocycles. The fourth-order valence-electron chi connectivity index (χ4n) is 1.58. The van der Waals surface area contributed by atoms with Crippen molar-refractivity contribution in [3.8, 4) is 0 Å². The molecule has 1 atom stereocenters. The van der Waals surface area contributed by atoms with Gasteiger partial charge in [0.15, 0.2) is 11.5 Å². The maximum atomic E-state index is 11.7. The third kappa shape index (κ3) is 4.16. The second kappa shape index (κ2) is 6.07. The van der Waals surface area contributed by atoms with Crippen LogP contribution in [0.25, 0.3) is 0 Å². The highest BCUT2D eigenvalue weighted by Gasteiger charge is 2.21. The van der Waals surface area contributed by atoms with Crippen molar-refractivity contribution in [3.63, 3.8) is 0 Å². The number of rotatable bonds is 6. The largest absolute Gasteiger partial charge is 0.476 e. The van der Waals surface area contributed by atoms with E-state index in [2.05, 4.69) is 15.6 Å². The first kappa shape index (κ1) is 14.8. The Morgan fingerprint density at radius 3 is 2.47 bits per heavy atom. The molecule has 2 N–H and O–H groups in total. The van der Waals surface area contributed by atoms with Crippen LogP contribution < -0.4 is 5.32 Å². The lowest BCUT2D eigenvalue weighted by molar-refractivity contribution is -0.128. The van der Waals surface area contributed by atoms with E-state index < -0.39 is 17.9 Å². The Balaban J connectivity index is 2.63. The molecule has 1 unspecified atom stereocenters. The molecule has 8 nitrogen and oxygen atoms in total. The van der Waals surface area contributed by atoms with Gasteiger partial charge in [-0.25, -0.2) is 9.48 Å². The Kier molecular flexibility index (Phi) is 4.74. The summed E-state index contributed by atoms with van der Waals surface area (Å²) in [4.78, 5) is 33.6. The van der Waals surface area contributed by atoms with Gasteiger partial charge in [0.25, 0.3) is 0 Å². The number of carboxylic acid groups (broad SMARTS) is 1. The lowest BCUT2D eigenvalue weighted by Crippen LogP contribution is -2.44. The number of aromatic carboxylic acids is 1. The molecule has 0 spiro atoms. The number of amides is 1. The molecular weight excluding hydrogens is 252 g/mol. The summed E-state index contributed by atoms with van der Waals surface area (Å²) in [5, 5.41) is 18.1. The standard InChI is InChI=1S/C11H16N4O4/c1-6(2)10(7(3)16)12-9(17)5-15-4-8(11(18)19)13-14-15/h4,6,10H,5H2,1-3H3,(H,12,17)(H,18,19). The average Bonchev–Trinajstić information content (AvgIpc) is 2.73. The molecule has 0 radical (unpaired) electrons. The molecule has 0 aliphatic rings. The number of carbonyl (C=O) groups excluding carboxylic acids is 2. The summed E-state index contributed by atoms with van der Waals surface area (Å²) < 4.78 is 1.11. The van der Waals surface area contributed by atoms with E-state index in [1.54, 1.807) is 0 Å². The summed E-state index contributed by atoms with van der Waals surface area (Å²) in [6.07, 6.45) is 1.15. The second-order valence-corrected chi connectivity index (χ2v) is 4.51. The van der Waals surface area contributed by atoms with Crippen molar-refractivity contribution in [1.82, 2.24) is 20.3 Å². The predicted molar refractivity (Wildman–Crippen MR) is 64.4 cm³/mol. The topological polar surface area (TPSA) is 114 Å². The summed E-state index contributed by atoms with van der Waals surface area (Å²) >= 11 is 0. The van der Waals surface area contributed by atoms with Crippen molar-refractivity contribution in [2.24, 2.45) is 5.92 Å². The molecular formula is C11H16N4O4. The van der Waals surface area contributed by atoms with E-state index >= 15 is 0 Å². The predicted octanol–water partition coefficient (Wildman–Crippen LogP) is -0.294. The van der Waals surface area contributed by atoms with Crippen LogP contribution in [0.3, 0.4) is 0 Å². The van der Waals surface area contributed by atoms with Crippen molar-refractivity contribution in [1.29, 1.82) is 0 Å². The normalized spacial score (nSPS) is 12.2. The van der Waals surface area contributed by atoms with E-state index in [9.17, 15) is 14.4 Å². The van der Waals surface area contributed by atoms with Gasteiger partial charge in [0, 0.05) is 0 Å². The molecule has 19 heavy (non-hydrogen) atoms. The van der Waals surface area contributed by atoms with Gasteiger partial charge in [0.1, 0.15) is 6.54 Å². The summed E-state index contributed by atoms with van der Waals surface area (Å²) in [6.45, 7) is 4.87. The van der Waals surface area contributed by atoms with Crippen LogP contribution in [0.4, 0.5) is 0 Å². The van der Waals surface area contributed by atoms with Crippen LogP contribution in [0.5, 0.6) is 0 Å². The van der Waals surface area contributed by atoms with Gasteiger partial charge in [-0.3, -0.25) is 9.59 Å².